The van der Waals surface area contributed by atoms with Gasteiger partial charge in [-0.05, 0) is 84.8 Å². The summed E-state index contributed by atoms with van der Waals surface area (Å²) < 4.78 is 34.4. The molecule has 1 aromatic heterocycles. The smallest absolute Gasteiger partial charge is 0.410 e. The highest BCUT2D eigenvalue weighted by Crippen LogP contribution is 2.31. The minimum absolute atomic E-state index is 0.0333. The van der Waals surface area contributed by atoms with Crippen molar-refractivity contribution in [2.75, 3.05) is 6.54 Å². The molecule has 35 heavy (non-hydrogen) atoms. The van der Waals surface area contributed by atoms with Crippen LogP contribution in [0.25, 0.3) is 10.9 Å². The Balaban J connectivity index is 1.50. The van der Waals surface area contributed by atoms with Crippen molar-refractivity contribution < 1.29 is 17.9 Å². The lowest BCUT2D eigenvalue weighted by Crippen LogP contribution is -2.41. The normalized spacial score (nSPS) is 16.7. The van der Waals surface area contributed by atoms with Crippen LogP contribution in [0.4, 0.5) is 4.79 Å². The second kappa shape index (κ2) is 10.3. The number of nitrogens with zero attached hydrogens (tertiary/aromatic N) is 1. The van der Waals surface area contributed by atoms with Crippen molar-refractivity contribution in [3.63, 3.8) is 0 Å². The summed E-state index contributed by atoms with van der Waals surface area (Å²) in [6, 6.07) is 13.5. The Morgan fingerprint density at radius 1 is 1.20 bits per heavy atom. The van der Waals surface area contributed by atoms with Crippen LogP contribution in [0.1, 0.15) is 50.3 Å². The summed E-state index contributed by atoms with van der Waals surface area (Å²) in [7, 11) is -3.50. The number of aromatic nitrogens is 1. The van der Waals surface area contributed by atoms with Crippen molar-refractivity contribution in [2.45, 2.75) is 64.0 Å². The third-order valence-corrected chi connectivity index (χ3v) is 8.24. The molecule has 1 fully saturated rings. The first kappa shape index (κ1) is 25.7. The molecule has 0 bridgehead atoms. The number of carbonyl (C=O) groups is 1. The summed E-state index contributed by atoms with van der Waals surface area (Å²) in [5, 5.41) is 0.963. The quantitative estimate of drug-likeness (QED) is 0.398. The first-order valence-corrected chi connectivity index (χ1v) is 14.2. The highest BCUT2D eigenvalue weighted by molar-refractivity contribution is 9.10. The zero-order valence-electron chi connectivity index (χ0n) is 20.3. The lowest BCUT2D eigenvalue weighted by atomic mass is 10.0. The standard InChI is InChI=1S/C26H32BrN3O4S/c1-26(2,3)29-35(32,33)17-19-12-22-20(15-28-24(22)23(27)13-19)14-21-10-7-11-30(21)25(31)34-16-18-8-5-4-6-9-18/h4-6,8-9,12-13,15,21,28-29H,7,10-11,14,16-17H2,1-3H3. The fourth-order valence-corrected chi connectivity index (χ4v) is 6.85. The van der Waals surface area contributed by atoms with Gasteiger partial charge in [0, 0.05) is 34.2 Å². The molecule has 0 spiro atoms. The molecule has 0 aliphatic carbocycles. The topological polar surface area (TPSA) is 91.5 Å². The number of nitrogens with one attached hydrogen (secondary N) is 2. The Kier molecular flexibility index (Phi) is 7.59. The summed E-state index contributed by atoms with van der Waals surface area (Å²) in [5.74, 6) is -0.106. The van der Waals surface area contributed by atoms with Gasteiger partial charge in [0.25, 0.3) is 0 Å². The minimum Gasteiger partial charge on any atom is -0.445 e. The van der Waals surface area contributed by atoms with Crippen LogP contribution >= 0.6 is 15.9 Å². The predicted octanol–water partition coefficient (Wildman–Crippen LogP) is 5.49. The van der Waals surface area contributed by atoms with Gasteiger partial charge in [0.2, 0.25) is 10.0 Å². The number of benzene rings is 2. The monoisotopic (exact) mass is 561 g/mol. The van der Waals surface area contributed by atoms with E-state index in [2.05, 4.69) is 25.6 Å². The van der Waals surface area contributed by atoms with Crippen molar-refractivity contribution >= 4 is 42.9 Å². The van der Waals surface area contributed by atoms with Crippen molar-refractivity contribution in [1.29, 1.82) is 0 Å². The Bertz CT molecular complexity index is 1300. The van der Waals surface area contributed by atoms with E-state index in [-0.39, 0.29) is 24.5 Å². The van der Waals surface area contributed by atoms with Crippen LogP contribution in [0.2, 0.25) is 0 Å². The maximum absolute atomic E-state index is 12.8. The zero-order chi connectivity index (χ0) is 25.2. The summed E-state index contributed by atoms with van der Waals surface area (Å²) in [6.07, 6.45) is 4.16. The van der Waals surface area contributed by atoms with Gasteiger partial charge < -0.3 is 14.6 Å². The number of halogens is 1. The number of hydrogen-bond acceptors (Lipinski definition) is 4. The van der Waals surface area contributed by atoms with Crippen LogP contribution in [0.15, 0.2) is 53.1 Å². The molecule has 3 aromatic rings. The minimum atomic E-state index is -3.50. The van der Waals surface area contributed by atoms with Crippen molar-refractivity contribution in [2.24, 2.45) is 0 Å². The Morgan fingerprint density at radius 3 is 2.66 bits per heavy atom. The Hall–Kier alpha value is -2.36. The summed E-state index contributed by atoms with van der Waals surface area (Å²) >= 11 is 3.59. The molecule has 4 rings (SSSR count). The number of hydrogen-bond donors (Lipinski definition) is 2. The number of rotatable bonds is 7. The highest BCUT2D eigenvalue weighted by atomic mass is 79.9. The molecule has 1 aliphatic heterocycles. The van der Waals surface area contributed by atoms with E-state index in [4.69, 9.17) is 4.74 Å². The van der Waals surface area contributed by atoms with E-state index in [1.165, 1.54) is 0 Å². The van der Waals surface area contributed by atoms with Gasteiger partial charge in [-0.25, -0.2) is 17.9 Å². The molecule has 188 valence electrons. The van der Waals surface area contributed by atoms with Crippen LogP contribution in [0.3, 0.4) is 0 Å². The SMILES string of the molecule is CC(C)(C)NS(=O)(=O)Cc1cc(Br)c2[nH]cc(CC3CCCN3C(=O)OCc3ccccc3)c2c1. The molecule has 1 atom stereocenters. The molecule has 7 nitrogen and oxygen atoms in total. The Morgan fingerprint density at radius 2 is 1.94 bits per heavy atom. The number of aromatic amines is 1. The lowest BCUT2D eigenvalue weighted by molar-refractivity contribution is 0.0921. The number of carbonyl (C=O) groups excluding carboxylic acids is 1. The van der Waals surface area contributed by atoms with E-state index in [1.807, 2.05) is 74.3 Å². The van der Waals surface area contributed by atoms with Gasteiger partial charge in [0.1, 0.15) is 6.61 Å². The molecule has 1 saturated heterocycles. The average molecular weight is 563 g/mol. The molecular formula is C26H32BrN3O4S. The molecule has 2 heterocycles. The van der Waals surface area contributed by atoms with E-state index in [1.54, 1.807) is 0 Å². The van der Waals surface area contributed by atoms with Crippen LogP contribution in [-0.2, 0) is 33.5 Å². The molecule has 1 unspecified atom stereocenters. The van der Waals surface area contributed by atoms with Gasteiger partial charge in [0.15, 0.2) is 0 Å². The second-order valence-corrected chi connectivity index (χ2v) is 12.7. The average Bonchev–Trinajstić information content (AvgIpc) is 3.38. The number of fused-ring (bicyclic) bond motifs is 1. The fraction of sp³-hybridized carbons (Fsp3) is 0.423. The van der Waals surface area contributed by atoms with E-state index < -0.39 is 15.6 Å². The fourth-order valence-electron chi connectivity index (χ4n) is 4.62. The number of likely N-dealkylation sites (tertiary alicyclic amines) is 1. The molecular weight excluding hydrogens is 530 g/mol. The maximum atomic E-state index is 12.8. The van der Waals surface area contributed by atoms with Gasteiger partial charge in [-0.3, -0.25) is 0 Å². The number of ether oxygens (including phenoxy) is 1. The van der Waals surface area contributed by atoms with Gasteiger partial charge in [-0.2, -0.15) is 0 Å². The van der Waals surface area contributed by atoms with Gasteiger partial charge in [-0.15, -0.1) is 0 Å². The maximum Gasteiger partial charge on any atom is 0.410 e. The first-order chi connectivity index (χ1) is 16.5. The molecule has 0 radical (unpaired) electrons. The van der Waals surface area contributed by atoms with Crippen molar-refractivity contribution in [3.8, 4) is 0 Å². The third kappa shape index (κ3) is 6.65. The molecule has 2 aromatic carbocycles. The van der Waals surface area contributed by atoms with Crippen LogP contribution in [0, 0.1) is 0 Å². The van der Waals surface area contributed by atoms with Crippen molar-refractivity contribution in [3.05, 3.63) is 69.8 Å². The van der Waals surface area contributed by atoms with Gasteiger partial charge in [-0.1, -0.05) is 30.3 Å². The first-order valence-electron chi connectivity index (χ1n) is 11.8. The summed E-state index contributed by atoms with van der Waals surface area (Å²) in [6.45, 7) is 6.40. The molecule has 9 heteroatoms. The van der Waals surface area contributed by atoms with E-state index in [9.17, 15) is 13.2 Å². The highest BCUT2D eigenvalue weighted by Gasteiger charge is 2.31. The zero-order valence-corrected chi connectivity index (χ0v) is 22.7. The Labute approximate surface area is 215 Å². The molecule has 0 saturated carbocycles. The van der Waals surface area contributed by atoms with Gasteiger partial charge >= 0.3 is 6.09 Å². The lowest BCUT2D eigenvalue weighted by Gasteiger charge is -2.24. The predicted molar refractivity (Wildman–Crippen MR) is 142 cm³/mol. The van der Waals surface area contributed by atoms with E-state index in [0.29, 0.717) is 18.5 Å². The molecule has 1 amide bonds. The van der Waals surface area contributed by atoms with Crippen LogP contribution < -0.4 is 4.72 Å². The van der Waals surface area contributed by atoms with Crippen LogP contribution in [-0.4, -0.2) is 42.5 Å². The molecule has 2 N–H and O–H groups in total. The third-order valence-electron chi connectivity index (χ3n) is 5.98. The van der Waals surface area contributed by atoms with Gasteiger partial charge in [0.05, 0.1) is 11.3 Å². The van der Waals surface area contributed by atoms with E-state index in [0.717, 1.165) is 39.3 Å². The van der Waals surface area contributed by atoms with E-state index >= 15 is 0 Å². The van der Waals surface area contributed by atoms with Crippen molar-refractivity contribution in [1.82, 2.24) is 14.6 Å². The molecule has 1 aliphatic rings. The largest absolute Gasteiger partial charge is 0.445 e. The number of H-pyrrole nitrogens is 1. The number of amides is 1. The number of sulfonamides is 1. The summed E-state index contributed by atoms with van der Waals surface area (Å²) in [4.78, 5) is 17.9. The summed E-state index contributed by atoms with van der Waals surface area (Å²) in [5.41, 5.74) is 3.09. The second-order valence-electron chi connectivity index (χ2n) is 10.2. The van der Waals surface area contributed by atoms with Crippen LogP contribution in [0.5, 0.6) is 0 Å².